The fourth-order valence-electron chi connectivity index (χ4n) is 3.63. The zero-order chi connectivity index (χ0) is 20.4. The van der Waals surface area contributed by atoms with Gasteiger partial charge in [0, 0.05) is 12.2 Å². The molecule has 4 unspecified atom stereocenters. The first kappa shape index (κ1) is 20.3. The maximum absolute atomic E-state index is 12.4. The summed E-state index contributed by atoms with van der Waals surface area (Å²) in [6.07, 6.45) is 2.90. The van der Waals surface area contributed by atoms with Crippen LogP contribution < -0.4 is 0 Å². The molecular weight excluding hydrogens is 364 g/mol. The minimum Gasteiger partial charge on any atom is -0.461 e. The highest BCUT2D eigenvalue weighted by Crippen LogP contribution is 2.38. The van der Waals surface area contributed by atoms with E-state index in [1.807, 2.05) is 6.92 Å². The second-order valence-corrected chi connectivity index (χ2v) is 7.48. The van der Waals surface area contributed by atoms with E-state index >= 15 is 0 Å². The molecule has 2 bridgehead atoms. The van der Waals surface area contributed by atoms with Gasteiger partial charge in [0.1, 0.15) is 18.8 Å². The molecule has 152 valence electrons. The lowest BCUT2D eigenvalue weighted by Crippen LogP contribution is -2.28. The average Bonchev–Trinajstić information content (AvgIpc) is 3.14. The van der Waals surface area contributed by atoms with Crippen molar-refractivity contribution in [2.75, 3.05) is 13.2 Å². The average molecular weight is 390 g/mol. The molecule has 1 saturated heterocycles. The predicted octanol–water partition coefficient (Wildman–Crippen LogP) is 2.26. The highest BCUT2D eigenvalue weighted by atomic mass is 16.6. The van der Waals surface area contributed by atoms with Crippen molar-refractivity contribution >= 4 is 17.9 Å². The Labute approximate surface area is 164 Å². The molecule has 0 aromatic heterocycles. The molecule has 28 heavy (non-hydrogen) atoms. The van der Waals surface area contributed by atoms with Crippen LogP contribution in [0.2, 0.25) is 0 Å². The number of fused-ring (bicyclic) bond motifs is 3. The lowest BCUT2D eigenvalue weighted by Gasteiger charge is -2.22. The Morgan fingerprint density at radius 2 is 1.89 bits per heavy atom. The molecule has 0 radical (unpaired) electrons. The minimum atomic E-state index is -0.636. The van der Waals surface area contributed by atoms with Gasteiger partial charge in [0.05, 0.1) is 23.5 Å². The first-order chi connectivity index (χ1) is 13.3. The Balaban J connectivity index is 1.91. The van der Waals surface area contributed by atoms with Crippen molar-refractivity contribution in [2.24, 2.45) is 11.8 Å². The predicted molar refractivity (Wildman–Crippen MR) is 99.0 cm³/mol. The molecule has 4 atom stereocenters. The molecule has 3 rings (SSSR count). The van der Waals surface area contributed by atoms with Gasteiger partial charge in [-0.3, -0.25) is 4.79 Å². The van der Waals surface area contributed by atoms with Gasteiger partial charge in [-0.05, 0) is 37.5 Å². The number of esters is 3. The second kappa shape index (κ2) is 8.31. The molecular formula is C21H26O7. The van der Waals surface area contributed by atoms with Gasteiger partial charge >= 0.3 is 17.9 Å². The Morgan fingerprint density at radius 3 is 2.57 bits per heavy atom. The first-order valence-corrected chi connectivity index (χ1v) is 9.62. The summed E-state index contributed by atoms with van der Waals surface area (Å²) in [6, 6.07) is 0. The standard InChI is InChI=1S/C21H26O7/c1-5-25-15-7-6-13(10-26-19(22)11(2)3)8-16-18(12(4)20(23)27-16)17-9-14(15)21(24)28-17/h8-9,11,15-18H,4-7,10H2,1-3H3. The number of carbonyl (C=O) groups is 3. The topological polar surface area (TPSA) is 88.1 Å². The number of hydrogen-bond acceptors (Lipinski definition) is 7. The maximum atomic E-state index is 12.4. The first-order valence-electron chi connectivity index (χ1n) is 9.62. The van der Waals surface area contributed by atoms with Crippen molar-refractivity contribution in [3.63, 3.8) is 0 Å². The fraction of sp³-hybridized carbons (Fsp3) is 0.571. The molecule has 0 saturated carbocycles. The van der Waals surface area contributed by atoms with Gasteiger partial charge in [0.2, 0.25) is 0 Å². The van der Waals surface area contributed by atoms with E-state index in [0.717, 1.165) is 5.57 Å². The van der Waals surface area contributed by atoms with E-state index in [0.29, 0.717) is 25.0 Å². The van der Waals surface area contributed by atoms with Crippen molar-refractivity contribution in [1.29, 1.82) is 0 Å². The van der Waals surface area contributed by atoms with Crippen LogP contribution in [0.3, 0.4) is 0 Å². The molecule has 7 nitrogen and oxygen atoms in total. The van der Waals surface area contributed by atoms with E-state index < -0.39 is 36.2 Å². The van der Waals surface area contributed by atoms with Gasteiger partial charge in [-0.25, -0.2) is 9.59 Å². The number of ether oxygens (including phenoxy) is 4. The van der Waals surface area contributed by atoms with E-state index in [-0.39, 0.29) is 24.1 Å². The van der Waals surface area contributed by atoms with Gasteiger partial charge in [0.15, 0.2) is 0 Å². The SMILES string of the molecule is C=C1C(=O)OC2C=C(COC(=O)C(C)C)CCC(OCC)C3=CC(OC3=O)C12. The van der Waals surface area contributed by atoms with Gasteiger partial charge in [-0.2, -0.15) is 0 Å². The summed E-state index contributed by atoms with van der Waals surface area (Å²) in [6.45, 7) is 9.76. The Morgan fingerprint density at radius 1 is 1.21 bits per heavy atom. The van der Waals surface area contributed by atoms with E-state index in [1.54, 1.807) is 26.0 Å². The van der Waals surface area contributed by atoms with Crippen LogP contribution in [-0.2, 0) is 33.3 Å². The van der Waals surface area contributed by atoms with Crippen molar-refractivity contribution in [2.45, 2.75) is 51.9 Å². The third-order valence-corrected chi connectivity index (χ3v) is 5.15. The zero-order valence-corrected chi connectivity index (χ0v) is 16.4. The summed E-state index contributed by atoms with van der Waals surface area (Å²) < 4.78 is 22.1. The number of carbonyl (C=O) groups excluding carboxylic acids is 3. The number of hydrogen-bond donors (Lipinski definition) is 0. The van der Waals surface area contributed by atoms with Crippen molar-refractivity contribution in [3.05, 3.63) is 35.5 Å². The summed E-state index contributed by atoms with van der Waals surface area (Å²) in [5, 5.41) is 0. The van der Waals surface area contributed by atoms with Crippen LogP contribution in [0.25, 0.3) is 0 Å². The van der Waals surface area contributed by atoms with Gasteiger partial charge in [-0.15, -0.1) is 0 Å². The Bertz CT molecular complexity index is 746. The van der Waals surface area contributed by atoms with Crippen LogP contribution in [0.5, 0.6) is 0 Å². The van der Waals surface area contributed by atoms with Gasteiger partial charge in [-0.1, -0.05) is 20.4 Å². The summed E-state index contributed by atoms with van der Waals surface area (Å²) in [5.41, 5.74) is 1.53. The Hall–Kier alpha value is -2.41. The van der Waals surface area contributed by atoms with Gasteiger partial charge in [0.25, 0.3) is 0 Å². The van der Waals surface area contributed by atoms with Crippen LogP contribution in [-0.4, -0.2) is 49.4 Å². The molecule has 1 fully saturated rings. The summed E-state index contributed by atoms with van der Waals surface area (Å²) in [7, 11) is 0. The summed E-state index contributed by atoms with van der Waals surface area (Å²) in [4.78, 5) is 36.4. The summed E-state index contributed by atoms with van der Waals surface area (Å²) in [5.74, 6) is -2.00. The number of rotatable bonds is 5. The van der Waals surface area contributed by atoms with Crippen LogP contribution in [0.1, 0.15) is 33.6 Å². The van der Waals surface area contributed by atoms with Crippen molar-refractivity contribution in [1.82, 2.24) is 0 Å². The maximum Gasteiger partial charge on any atom is 0.337 e. The van der Waals surface area contributed by atoms with E-state index in [9.17, 15) is 14.4 Å². The molecule has 7 heteroatoms. The third kappa shape index (κ3) is 4.04. The lowest BCUT2D eigenvalue weighted by molar-refractivity contribution is -0.146. The molecule has 0 spiro atoms. The second-order valence-electron chi connectivity index (χ2n) is 7.48. The van der Waals surface area contributed by atoms with Crippen LogP contribution in [0.4, 0.5) is 0 Å². The summed E-state index contributed by atoms with van der Waals surface area (Å²) >= 11 is 0. The highest BCUT2D eigenvalue weighted by Gasteiger charge is 2.47. The fourth-order valence-corrected chi connectivity index (χ4v) is 3.63. The monoisotopic (exact) mass is 390 g/mol. The quantitative estimate of drug-likeness (QED) is 0.308. The highest BCUT2D eigenvalue weighted by molar-refractivity contribution is 5.94. The molecule has 3 aliphatic rings. The molecule has 2 heterocycles. The lowest BCUT2D eigenvalue weighted by atomic mass is 9.87. The zero-order valence-electron chi connectivity index (χ0n) is 16.4. The molecule has 0 N–H and O–H groups in total. The molecule has 1 aliphatic carbocycles. The molecule has 2 aliphatic heterocycles. The van der Waals surface area contributed by atoms with Crippen molar-refractivity contribution < 1.29 is 33.3 Å². The van der Waals surface area contributed by atoms with E-state index in [4.69, 9.17) is 18.9 Å². The van der Waals surface area contributed by atoms with Crippen molar-refractivity contribution in [3.8, 4) is 0 Å². The van der Waals surface area contributed by atoms with Gasteiger partial charge < -0.3 is 18.9 Å². The molecule has 0 aromatic carbocycles. The largest absolute Gasteiger partial charge is 0.461 e. The minimum absolute atomic E-state index is 0.0988. The smallest absolute Gasteiger partial charge is 0.337 e. The van der Waals surface area contributed by atoms with E-state index in [2.05, 4.69) is 6.58 Å². The van der Waals surface area contributed by atoms with Crippen LogP contribution in [0.15, 0.2) is 35.5 Å². The normalized spacial score (nSPS) is 29.6. The van der Waals surface area contributed by atoms with Crippen LogP contribution >= 0.6 is 0 Å². The molecule has 0 aromatic rings. The van der Waals surface area contributed by atoms with E-state index in [1.165, 1.54) is 0 Å². The molecule has 0 amide bonds. The third-order valence-electron chi connectivity index (χ3n) is 5.15. The van der Waals surface area contributed by atoms with Crippen LogP contribution in [0, 0.1) is 11.8 Å². The Kier molecular flexibility index (Phi) is 6.03.